The molecule has 2 heterocycles. The van der Waals surface area contributed by atoms with Crippen LogP contribution in [0, 0.1) is 0 Å². The number of hydrogen-bond acceptors (Lipinski definition) is 5. The number of nitrogens with one attached hydrogen (secondary N) is 1. The number of benzene rings is 1. The van der Waals surface area contributed by atoms with Crippen molar-refractivity contribution in [3.63, 3.8) is 0 Å². The summed E-state index contributed by atoms with van der Waals surface area (Å²) in [5, 5.41) is 3.43. The number of urea groups is 1. The molecular formula is C19H25ClN4O4. The van der Waals surface area contributed by atoms with Crippen molar-refractivity contribution in [3.05, 3.63) is 29.3 Å². The molecule has 1 atom stereocenters. The topological polar surface area (TPSA) is 82.2 Å². The predicted octanol–water partition coefficient (Wildman–Crippen LogP) is 1.54. The first-order valence-electron chi connectivity index (χ1n) is 9.22. The van der Waals surface area contributed by atoms with Gasteiger partial charge in [-0.05, 0) is 38.1 Å². The van der Waals surface area contributed by atoms with E-state index in [4.69, 9.17) is 16.3 Å². The Morgan fingerprint density at radius 1 is 1.14 bits per heavy atom. The second-order valence-corrected chi connectivity index (χ2v) is 7.95. The molecule has 1 unspecified atom stereocenters. The highest BCUT2D eigenvalue weighted by Gasteiger charge is 2.38. The SMILES string of the molecule is CN1C(=O)CC(N2CCN(C(=O)C(C)(C)Oc3ccc(Cl)cc3)CC2)NC1=O. The minimum Gasteiger partial charge on any atom is -0.478 e. The van der Waals surface area contributed by atoms with E-state index in [1.54, 1.807) is 43.0 Å². The van der Waals surface area contributed by atoms with Gasteiger partial charge >= 0.3 is 6.03 Å². The number of carbonyl (C=O) groups is 3. The van der Waals surface area contributed by atoms with Crippen LogP contribution in [0.25, 0.3) is 0 Å². The van der Waals surface area contributed by atoms with E-state index >= 15 is 0 Å². The third kappa shape index (κ3) is 4.39. The van der Waals surface area contributed by atoms with Crippen LogP contribution in [-0.2, 0) is 9.59 Å². The number of ether oxygens (including phenoxy) is 1. The third-order valence-corrected chi connectivity index (χ3v) is 5.33. The fourth-order valence-electron chi connectivity index (χ4n) is 3.38. The number of rotatable bonds is 4. The van der Waals surface area contributed by atoms with Gasteiger partial charge in [0.05, 0.1) is 12.6 Å². The molecule has 2 saturated heterocycles. The van der Waals surface area contributed by atoms with Gasteiger partial charge in [-0.25, -0.2) is 4.79 Å². The first-order chi connectivity index (χ1) is 13.2. The molecule has 0 radical (unpaired) electrons. The van der Waals surface area contributed by atoms with E-state index in [-0.39, 0.29) is 24.4 Å². The van der Waals surface area contributed by atoms with Gasteiger partial charge in [-0.3, -0.25) is 19.4 Å². The van der Waals surface area contributed by atoms with E-state index in [2.05, 4.69) is 5.32 Å². The van der Waals surface area contributed by atoms with Gasteiger partial charge in [-0.2, -0.15) is 0 Å². The molecular weight excluding hydrogens is 384 g/mol. The van der Waals surface area contributed by atoms with E-state index < -0.39 is 11.6 Å². The molecule has 9 heteroatoms. The van der Waals surface area contributed by atoms with E-state index in [1.807, 2.05) is 4.90 Å². The van der Waals surface area contributed by atoms with Crippen molar-refractivity contribution in [3.8, 4) is 5.75 Å². The van der Waals surface area contributed by atoms with Crippen LogP contribution in [0.1, 0.15) is 20.3 Å². The Morgan fingerprint density at radius 3 is 2.32 bits per heavy atom. The average Bonchev–Trinajstić information content (AvgIpc) is 2.67. The Hall–Kier alpha value is -2.32. The van der Waals surface area contributed by atoms with Gasteiger partial charge in [-0.15, -0.1) is 0 Å². The highest BCUT2D eigenvalue weighted by Crippen LogP contribution is 2.23. The van der Waals surface area contributed by atoms with Crippen molar-refractivity contribution in [2.24, 2.45) is 0 Å². The first-order valence-corrected chi connectivity index (χ1v) is 9.60. The molecule has 1 aromatic carbocycles. The standard InChI is InChI=1S/C19H25ClN4O4/c1-19(2,28-14-6-4-13(20)5-7-14)17(26)24-10-8-23(9-11-24)15-12-16(25)22(3)18(27)21-15/h4-7,15H,8-12H2,1-3H3,(H,21,27). The lowest BCUT2D eigenvalue weighted by atomic mass is 10.1. The number of carbonyl (C=O) groups excluding carboxylic acids is 3. The summed E-state index contributed by atoms with van der Waals surface area (Å²) in [6, 6.07) is 6.50. The van der Waals surface area contributed by atoms with Crippen LogP contribution in [0.15, 0.2) is 24.3 Å². The Labute approximate surface area is 169 Å². The van der Waals surface area contributed by atoms with Gasteiger partial charge in [-0.1, -0.05) is 11.6 Å². The molecule has 0 aromatic heterocycles. The highest BCUT2D eigenvalue weighted by atomic mass is 35.5. The van der Waals surface area contributed by atoms with Crippen LogP contribution in [0.3, 0.4) is 0 Å². The van der Waals surface area contributed by atoms with Crippen molar-refractivity contribution < 1.29 is 19.1 Å². The second-order valence-electron chi connectivity index (χ2n) is 7.52. The Morgan fingerprint density at radius 2 is 1.75 bits per heavy atom. The summed E-state index contributed by atoms with van der Waals surface area (Å²) in [4.78, 5) is 41.6. The summed E-state index contributed by atoms with van der Waals surface area (Å²) in [5.74, 6) is 0.268. The third-order valence-electron chi connectivity index (χ3n) is 5.08. The van der Waals surface area contributed by atoms with E-state index in [1.165, 1.54) is 7.05 Å². The minimum absolute atomic E-state index is 0.106. The quantitative estimate of drug-likeness (QED) is 0.817. The summed E-state index contributed by atoms with van der Waals surface area (Å²) in [5.41, 5.74) is -1.02. The lowest BCUT2D eigenvalue weighted by molar-refractivity contribution is -0.148. The number of halogens is 1. The molecule has 2 aliphatic rings. The van der Waals surface area contributed by atoms with Gasteiger partial charge in [0.1, 0.15) is 5.75 Å². The molecule has 8 nitrogen and oxygen atoms in total. The maximum atomic E-state index is 12.9. The fraction of sp³-hybridized carbons (Fsp3) is 0.526. The van der Waals surface area contributed by atoms with Gasteiger partial charge in [0.15, 0.2) is 5.60 Å². The monoisotopic (exact) mass is 408 g/mol. The molecule has 0 aliphatic carbocycles. The second kappa shape index (κ2) is 7.97. The summed E-state index contributed by atoms with van der Waals surface area (Å²) >= 11 is 5.89. The molecule has 2 aliphatic heterocycles. The van der Waals surface area contributed by atoms with Crippen LogP contribution in [0.2, 0.25) is 5.02 Å². The van der Waals surface area contributed by atoms with Crippen molar-refractivity contribution in [2.45, 2.75) is 32.0 Å². The molecule has 3 rings (SSSR count). The Balaban J connectivity index is 1.56. The molecule has 1 aromatic rings. The summed E-state index contributed by atoms with van der Waals surface area (Å²) in [6.07, 6.45) is -0.0896. The van der Waals surface area contributed by atoms with Gasteiger partial charge in [0, 0.05) is 38.2 Å². The number of imide groups is 1. The predicted molar refractivity (Wildman–Crippen MR) is 104 cm³/mol. The Kier molecular flexibility index (Phi) is 5.81. The molecule has 28 heavy (non-hydrogen) atoms. The van der Waals surface area contributed by atoms with E-state index in [0.717, 1.165) is 4.90 Å². The molecule has 0 bridgehead atoms. The van der Waals surface area contributed by atoms with Crippen molar-refractivity contribution in [1.29, 1.82) is 0 Å². The first kappa shape index (κ1) is 20.4. The molecule has 0 spiro atoms. The van der Waals surface area contributed by atoms with Gasteiger partial charge < -0.3 is 15.0 Å². The van der Waals surface area contributed by atoms with E-state index in [9.17, 15) is 14.4 Å². The maximum absolute atomic E-state index is 12.9. The summed E-state index contributed by atoms with van der Waals surface area (Å²) in [7, 11) is 1.47. The molecule has 152 valence electrons. The lowest BCUT2D eigenvalue weighted by Crippen LogP contribution is -2.63. The summed E-state index contributed by atoms with van der Waals surface area (Å²) in [6.45, 7) is 5.64. The van der Waals surface area contributed by atoms with Gasteiger partial charge in [0.2, 0.25) is 5.91 Å². The average molecular weight is 409 g/mol. The lowest BCUT2D eigenvalue weighted by Gasteiger charge is -2.43. The largest absolute Gasteiger partial charge is 0.478 e. The zero-order valence-electron chi connectivity index (χ0n) is 16.3. The Bertz CT molecular complexity index is 742. The van der Waals surface area contributed by atoms with Crippen LogP contribution in [0.5, 0.6) is 5.75 Å². The fourth-order valence-corrected chi connectivity index (χ4v) is 3.51. The number of nitrogens with zero attached hydrogens (tertiary/aromatic N) is 3. The number of hydrogen-bond donors (Lipinski definition) is 1. The van der Waals surface area contributed by atoms with Crippen LogP contribution in [0.4, 0.5) is 4.79 Å². The van der Waals surface area contributed by atoms with Crippen molar-refractivity contribution in [1.82, 2.24) is 20.0 Å². The van der Waals surface area contributed by atoms with Crippen LogP contribution in [-0.4, -0.2) is 77.5 Å². The molecule has 1 N–H and O–H groups in total. The minimum atomic E-state index is -1.02. The van der Waals surface area contributed by atoms with Gasteiger partial charge in [0.25, 0.3) is 5.91 Å². The summed E-state index contributed by atoms with van der Waals surface area (Å²) < 4.78 is 5.88. The number of amides is 4. The van der Waals surface area contributed by atoms with Crippen molar-refractivity contribution in [2.75, 3.05) is 33.2 Å². The van der Waals surface area contributed by atoms with Crippen molar-refractivity contribution >= 4 is 29.4 Å². The maximum Gasteiger partial charge on any atom is 0.325 e. The number of piperazine rings is 1. The molecule has 4 amide bonds. The zero-order chi connectivity index (χ0) is 20.5. The zero-order valence-corrected chi connectivity index (χ0v) is 17.0. The molecule has 2 fully saturated rings. The van der Waals surface area contributed by atoms with Crippen LogP contribution < -0.4 is 10.1 Å². The highest BCUT2D eigenvalue weighted by molar-refractivity contribution is 6.30. The van der Waals surface area contributed by atoms with E-state index in [0.29, 0.717) is 37.0 Å². The smallest absolute Gasteiger partial charge is 0.325 e. The normalized spacial score (nSPS) is 21.5. The molecule has 0 saturated carbocycles. The van der Waals surface area contributed by atoms with Crippen LogP contribution >= 0.6 is 11.6 Å².